The number of nitrogens with zero attached hydrogens (tertiary/aromatic N) is 2. The summed E-state index contributed by atoms with van der Waals surface area (Å²) in [4.78, 5) is 15.5. The Morgan fingerprint density at radius 2 is 2.24 bits per heavy atom. The van der Waals surface area contributed by atoms with Crippen LogP contribution in [0.4, 0.5) is 13.2 Å². The largest absolute Gasteiger partial charge is 0.414 e. The SMILES string of the molecule is CCc1cc(C(=O)NOCC(F)(F)F)n(C)n1. The van der Waals surface area contributed by atoms with Crippen LogP contribution >= 0.6 is 0 Å². The lowest BCUT2D eigenvalue weighted by Gasteiger charge is -2.07. The highest BCUT2D eigenvalue weighted by Crippen LogP contribution is 2.13. The highest BCUT2D eigenvalue weighted by atomic mass is 19.4. The molecule has 0 aromatic carbocycles. The van der Waals surface area contributed by atoms with Crippen LogP contribution in [0.3, 0.4) is 0 Å². The second kappa shape index (κ2) is 5.17. The van der Waals surface area contributed by atoms with Crippen molar-refractivity contribution in [3.05, 3.63) is 17.5 Å². The molecule has 1 N–H and O–H groups in total. The molecule has 1 heterocycles. The van der Waals surface area contributed by atoms with E-state index in [0.717, 1.165) is 0 Å². The summed E-state index contributed by atoms with van der Waals surface area (Å²) in [5, 5.41) is 3.99. The second-order valence-electron chi connectivity index (χ2n) is 3.33. The van der Waals surface area contributed by atoms with E-state index < -0.39 is 18.7 Å². The molecule has 0 spiro atoms. The predicted octanol–water partition coefficient (Wildman–Crippen LogP) is 1.21. The number of hydroxylamine groups is 1. The lowest BCUT2D eigenvalue weighted by molar-refractivity contribution is -0.184. The van der Waals surface area contributed by atoms with Gasteiger partial charge >= 0.3 is 6.18 Å². The molecule has 0 aliphatic heterocycles. The third kappa shape index (κ3) is 4.06. The molecule has 0 atom stereocenters. The van der Waals surface area contributed by atoms with Crippen molar-refractivity contribution in [1.82, 2.24) is 15.3 Å². The summed E-state index contributed by atoms with van der Waals surface area (Å²) >= 11 is 0. The van der Waals surface area contributed by atoms with E-state index in [0.29, 0.717) is 12.1 Å². The van der Waals surface area contributed by atoms with Gasteiger partial charge in [0.2, 0.25) is 0 Å². The van der Waals surface area contributed by atoms with Gasteiger partial charge in [-0.2, -0.15) is 18.3 Å². The molecular weight excluding hydrogens is 239 g/mol. The van der Waals surface area contributed by atoms with Crippen molar-refractivity contribution in [3.63, 3.8) is 0 Å². The molecule has 5 nitrogen and oxygen atoms in total. The topological polar surface area (TPSA) is 56.1 Å². The van der Waals surface area contributed by atoms with E-state index >= 15 is 0 Å². The molecule has 0 radical (unpaired) electrons. The van der Waals surface area contributed by atoms with Gasteiger partial charge in [0.05, 0.1) is 5.69 Å². The number of amides is 1. The molecule has 1 aromatic rings. The Bertz CT molecular complexity index is 401. The first-order chi connectivity index (χ1) is 7.83. The van der Waals surface area contributed by atoms with Gasteiger partial charge in [0.15, 0.2) is 6.61 Å². The van der Waals surface area contributed by atoms with E-state index in [1.54, 1.807) is 5.48 Å². The van der Waals surface area contributed by atoms with Crippen LogP contribution in [0.1, 0.15) is 23.1 Å². The number of aryl methyl sites for hydroxylation is 2. The van der Waals surface area contributed by atoms with Crippen molar-refractivity contribution in [2.24, 2.45) is 7.05 Å². The number of hydrogen-bond acceptors (Lipinski definition) is 3. The number of rotatable bonds is 4. The Balaban J connectivity index is 2.55. The summed E-state index contributed by atoms with van der Waals surface area (Å²) in [6.45, 7) is 0.321. The summed E-state index contributed by atoms with van der Waals surface area (Å²) in [7, 11) is 1.53. The number of hydrogen-bond donors (Lipinski definition) is 1. The summed E-state index contributed by atoms with van der Waals surface area (Å²) in [5.41, 5.74) is 2.53. The zero-order valence-electron chi connectivity index (χ0n) is 9.34. The Morgan fingerprint density at radius 3 is 2.71 bits per heavy atom. The van der Waals surface area contributed by atoms with Crippen LogP contribution in [-0.2, 0) is 18.3 Å². The van der Waals surface area contributed by atoms with Crippen LogP contribution in [0.2, 0.25) is 0 Å². The number of halogens is 3. The molecule has 0 aliphatic carbocycles. The molecule has 1 rings (SSSR count). The molecule has 1 aromatic heterocycles. The van der Waals surface area contributed by atoms with Crippen LogP contribution < -0.4 is 5.48 Å². The second-order valence-corrected chi connectivity index (χ2v) is 3.33. The van der Waals surface area contributed by atoms with Gasteiger partial charge in [0.1, 0.15) is 5.69 Å². The van der Waals surface area contributed by atoms with Gasteiger partial charge in [-0.15, -0.1) is 0 Å². The maximum absolute atomic E-state index is 11.8. The van der Waals surface area contributed by atoms with Gasteiger partial charge in [0.25, 0.3) is 5.91 Å². The highest BCUT2D eigenvalue weighted by molar-refractivity contribution is 5.91. The average Bonchev–Trinajstić information content (AvgIpc) is 2.57. The summed E-state index contributed by atoms with van der Waals surface area (Å²) in [6.07, 6.45) is -3.85. The van der Waals surface area contributed by atoms with Gasteiger partial charge in [-0.1, -0.05) is 6.92 Å². The van der Waals surface area contributed by atoms with Crippen LogP contribution in [0.25, 0.3) is 0 Å². The highest BCUT2D eigenvalue weighted by Gasteiger charge is 2.28. The fourth-order valence-corrected chi connectivity index (χ4v) is 1.15. The van der Waals surface area contributed by atoms with E-state index in [1.165, 1.54) is 17.8 Å². The predicted molar refractivity (Wildman–Crippen MR) is 52.1 cm³/mol. The fraction of sp³-hybridized carbons (Fsp3) is 0.556. The van der Waals surface area contributed by atoms with Crippen molar-refractivity contribution in [2.75, 3.05) is 6.61 Å². The number of carbonyl (C=O) groups is 1. The maximum atomic E-state index is 11.8. The Hall–Kier alpha value is -1.57. The molecular formula is C9H12F3N3O2. The lowest BCUT2D eigenvalue weighted by atomic mass is 10.3. The van der Waals surface area contributed by atoms with Crippen LogP contribution in [0.15, 0.2) is 6.07 Å². The van der Waals surface area contributed by atoms with Crippen molar-refractivity contribution < 1.29 is 22.8 Å². The minimum Gasteiger partial charge on any atom is -0.265 e. The molecule has 0 saturated heterocycles. The number of alkyl halides is 3. The Kier molecular flexibility index (Phi) is 4.11. The average molecular weight is 251 g/mol. The number of aromatic nitrogens is 2. The number of nitrogens with one attached hydrogen (secondary N) is 1. The standard InChI is InChI=1S/C9H12F3N3O2/c1-3-6-4-7(15(2)13-6)8(16)14-17-5-9(10,11)12/h4H,3,5H2,1-2H3,(H,14,16). The molecule has 96 valence electrons. The molecule has 8 heteroatoms. The summed E-state index contributed by atoms with van der Waals surface area (Å²) in [5.74, 6) is -0.760. The molecule has 0 unspecified atom stereocenters. The zero-order chi connectivity index (χ0) is 13.1. The van der Waals surface area contributed by atoms with E-state index in [2.05, 4.69) is 9.94 Å². The molecule has 1 amide bonds. The van der Waals surface area contributed by atoms with Crippen molar-refractivity contribution in [3.8, 4) is 0 Å². The van der Waals surface area contributed by atoms with Crippen LogP contribution in [-0.4, -0.2) is 28.5 Å². The number of carbonyl (C=O) groups excluding carboxylic acids is 1. The monoisotopic (exact) mass is 251 g/mol. The lowest BCUT2D eigenvalue weighted by Crippen LogP contribution is -2.30. The smallest absolute Gasteiger partial charge is 0.265 e. The first-order valence-electron chi connectivity index (χ1n) is 4.85. The quantitative estimate of drug-likeness (QED) is 0.818. The molecule has 0 bridgehead atoms. The molecule has 17 heavy (non-hydrogen) atoms. The van der Waals surface area contributed by atoms with Crippen molar-refractivity contribution in [1.29, 1.82) is 0 Å². The van der Waals surface area contributed by atoms with E-state index in [9.17, 15) is 18.0 Å². The minimum absolute atomic E-state index is 0.143. The fourth-order valence-electron chi connectivity index (χ4n) is 1.15. The first-order valence-corrected chi connectivity index (χ1v) is 4.85. The minimum atomic E-state index is -4.48. The van der Waals surface area contributed by atoms with Crippen LogP contribution in [0.5, 0.6) is 0 Å². The third-order valence-corrected chi connectivity index (χ3v) is 1.93. The molecule has 0 fully saturated rings. The van der Waals surface area contributed by atoms with Gasteiger partial charge in [-0.3, -0.25) is 14.3 Å². The normalized spacial score (nSPS) is 11.6. The molecule has 0 saturated carbocycles. The Labute approximate surface area is 95.5 Å². The van der Waals surface area contributed by atoms with Crippen molar-refractivity contribution in [2.45, 2.75) is 19.5 Å². The van der Waals surface area contributed by atoms with Crippen molar-refractivity contribution >= 4 is 5.91 Å². The van der Waals surface area contributed by atoms with Gasteiger partial charge in [-0.25, -0.2) is 5.48 Å². The Morgan fingerprint density at radius 1 is 1.59 bits per heavy atom. The zero-order valence-corrected chi connectivity index (χ0v) is 9.34. The first kappa shape index (κ1) is 13.5. The van der Waals surface area contributed by atoms with E-state index in [4.69, 9.17) is 0 Å². The van der Waals surface area contributed by atoms with Crippen LogP contribution in [0, 0.1) is 0 Å². The van der Waals surface area contributed by atoms with E-state index in [1.807, 2.05) is 6.92 Å². The maximum Gasteiger partial charge on any atom is 0.414 e. The van der Waals surface area contributed by atoms with Gasteiger partial charge < -0.3 is 0 Å². The molecule has 0 aliphatic rings. The summed E-state index contributed by atoms with van der Waals surface area (Å²) < 4.78 is 36.5. The summed E-state index contributed by atoms with van der Waals surface area (Å²) in [6, 6.07) is 1.49. The van der Waals surface area contributed by atoms with Gasteiger partial charge in [0, 0.05) is 7.05 Å². The third-order valence-electron chi connectivity index (χ3n) is 1.93. The van der Waals surface area contributed by atoms with Gasteiger partial charge in [-0.05, 0) is 12.5 Å². The van der Waals surface area contributed by atoms with E-state index in [-0.39, 0.29) is 5.69 Å².